The van der Waals surface area contributed by atoms with Crippen LogP contribution in [0.1, 0.15) is 22.8 Å². The van der Waals surface area contributed by atoms with E-state index in [-0.39, 0.29) is 18.8 Å². The Morgan fingerprint density at radius 1 is 1.40 bits per heavy atom. The Morgan fingerprint density at radius 2 is 2.17 bits per heavy atom. The van der Waals surface area contributed by atoms with E-state index in [0.717, 1.165) is 6.07 Å². The predicted molar refractivity (Wildman–Crippen MR) is 115 cm³/mol. The van der Waals surface area contributed by atoms with Crippen LogP contribution in [-0.4, -0.2) is 38.5 Å². The number of Topliss-reactive ketones (excluding diaryl/α,β-unsaturated/α-hetero) is 1. The van der Waals surface area contributed by atoms with Gasteiger partial charge in [0.25, 0.3) is 0 Å². The van der Waals surface area contributed by atoms with Gasteiger partial charge in [0.05, 0.1) is 37.2 Å². The van der Waals surface area contributed by atoms with Crippen LogP contribution in [0.2, 0.25) is 0 Å². The number of ketones is 1. The van der Waals surface area contributed by atoms with E-state index in [2.05, 4.69) is 32.2 Å². The summed E-state index contributed by atoms with van der Waals surface area (Å²) < 4.78 is 40.4. The first-order chi connectivity index (χ1) is 14.4. The summed E-state index contributed by atoms with van der Waals surface area (Å²) in [6.45, 7) is 2.72. The molecule has 0 fully saturated rings. The molecule has 8 heteroatoms. The average molecular weight is 481 g/mol. The van der Waals surface area contributed by atoms with Crippen molar-refractivity contribution >= 4 is 27.5 Å². The third-order valence-corrected chi connectivity index (χ3v) is 4.89. The number of carbonyl (C=O) groups excluding carboxylic acids is 1. The highest BCUT2D eigenvalue weighted by molar-refractivity contribution is 9.11. The number of terminal acetylenes is 1. The molecule has 5 nitrogen and oxygen atoms in total. The molecule has 2 atom stereocenters. The van der Waals surface area contributed by atoms with Gasteiger partial charge in [-0.1, -0.05) is 18.1 Å². The van der Waals surface area contributed by atoms with Crippen LogP contribution < -0.4 is 5.32 Å². The minimum absolute atomic E-state index is 0.0630. The van der Waals surface area contributed by atoms with Crippen LogP contribution in [0.5, 0.6) is 0 Å². The van der Waals surface area contributed by atoms with Gasteiger partial charge >= 0.3 is 0 Å². The number of benzene rings is 1. The standard InChI is InChI=1S/C22H23BrF2N2O3/c1-4-16(17-8-7-15(23)12-27-22(17)26-5-2)21(28)19-18(24)9-6-14(20(19)25)13-30-11-10-29-3/h1,6-9,12,16-17H,5,10-11,13H2,2-3H3,(H,26,27). The quantitative estimate of drug-likeness (QED) is 0.329. The maximum atomic E-state index is 15.0. The Bertz CT molecular complexity index is 906. The van der Waals surface area contributed by atoms with Gasteiger partial charge in [0.2, 0.25) is 0 Å². The first kappa shape index (κ1) is 23.9. The van der Waals surface area contributed by atoms with Gasteiger partial charge in [0.15, 0.2) is 5.78 Å². The van der Waals surface area contributed by atoms with Crippen LogP contribution in [0, 0.1) is 35.8 Å². The van der Waals surface area contributed by atoms with Crippen molar-refractivity contribution in [2.45, 2.75) is 13.5 Å². The van der Waals surface area contributed by atoms with E-state index in [0.29, 0.717) is 23.5 Å². The number of amidine groups is 1. The first-order valence-corrected chi connectivity index (χ1v) is 10.1. The summed E-state index contributed by atoms with van der Waals surface area (Å²) in [6, 6.07) is 2.29. The van der Waals surface area contributed by atoms with E-state index in [4.69, 9.17) is 15.9 Å². The smallest absolute Gasteiger partial charge is 0.184 e. The number of nitrogens with zero attached hydrogens (tertiary/aromatic N) is 1. The zero-order valence-electron chi connectivity index (χ0n) is 16.8. The van der Waals surface area contributed by atoms with Gasteiger partial charge in [-0.2, -0.15) is 0 Å². The highest BCUT2D eigenvalue weighted by Crippen LogP contribution is 2.27. The highest BCUT2D eigenvalue weighted by atomic mass is 79.9. The van der Waals surface area contributed by atoms with Crippen LogP contribution >= 0.6 is 15.9 Å². The normalized spacial score (nSPS) is 18.3. The highest BCUT2D eigenvalue weighted by Gasteiger charge is 2.34. The van der Waals surface area contributed by atoms with Gasteiger partial charge in [-0.3, -0.25) is 9.79 Å². The van der Waals surface area contributed by atoms with Crippen LogP contribution in [0.4, 0.5) is 8.78 Å². The Balaban J connectivity index is 2.38. The number of hydrogen-bond donors (Lipinski definition) is 1. The van der Waals surface area contributed by atoms with Crippen molar-refractivity contribution in [3.8, 4) is 12.3 Å². The molecule has 30 heavy (non-hydrogen) atoms. The second-order valence-corrected chi connectivity index (χ2v) is 7.28. The fourth-order valence-electron chi connectivity index (χ4n) is 2.92. The molecule has 2 rings (SSSR count). The Labute approximate surface area is 183 Å². The van der Waals surface area contributed by atoms with Crippen molar-refractivity contribution in [1.82, 2.24) is 5.32 Å². The molecule has 0 bridgehead atoms. The molecule has 0 amide bonds. The lowest BCUT2D eigenvalue weighted by Crippen LogP contribution is -2.35. The lowest BCUT2D eigenvalue weighted by atomic mass is 9.84. The zero-order valence-corrected chi connectivity index (χ0v) is 18.3. The molecule has 1 aliphatic rings. The third kappa shape index (κ3) is 5.85. The topological polar surface area (TPSA) is 59.9 Å². The molecule has 160 valence electrons. The maximum absolute atomic E-state index is 15.0. The third-order valence-electron chi connectivity index (χ3n) is 4.39. The molecule has 0 saturated heterocycles. The van der Waals surface area contributed by atoms with Crippen molar-refractivity contribution in [3.05, 3.63) is 57.7 Å². The molecule has 0 spiro atoms. The number of allylic oxidation sites excluding steroid dienone is 2. The number of halogens is 3. The van der Waals surface area contributed by atoms with Crippen molar-refractivity contribution < 1.29 is 23.0 Å². The van der Waals surface area contributed by atoms with Gasteiger partial charge in [0.1, 0.15) is 17.5 Å². The van der Waals surface area contributed by atoms with Crippen LogP contribution in [-0.2, 0) is 16.1 Å². The minimum atomic E-state index is -1.15. The van der Waals surface area contributed by atoms with Crippen LogP contribution in [0.15, 0.2) is 40.0 Å². The molecule has 1 aromatic carbocycles. The van der Waals surface area contributed by atoms with E-state index in [1.54, 1.807) is 18.4 Å². The van der Waals surface area contributed by atoms with Gasteiger partial charge in [0, 0.05) is 29.9 Å². The second-order valence-electron chi connectivity index (χ2n) is 6.37. The Kier molecular flexibility index (Phi) is 9.37. The van der Waals surface area contributed by atoms with Gasteiger partial charge in [-0.15, -0.1) is 6.42 Å². The molecule has 1 heterocycles. The molecule has 1 aliphatic heterocycles. The molecule has 0 aliphatic carbocycles. The molecule has 0 aromatic heterocycles. The fourth-order valence-corrected chi connectivity index (χ4v) is 3.19. The SMILES string of the molecule is C#CC(C(=O)c1c(F)ccc(COCCOC)c1F)C1C=CC(Br)=CNC1=NCC. The molecule has 2 unspecified atom stereocenters. The van der Waals surface area contributed by atoms with Crippen LogP contribution in [0.3, 0.4) is 0 Å². The molecular weight excluding hydrogens is 458 g/mol. The Morgan fingerprint density at radius 3 is 2.83 bits per heavy atom. The van der Waals surface area contributed by atoms with E-state index >= 15 is 4.39 Å². The Hall–Kier alpha value is -2.34. The minimum Gasteiger partial charge on any atom is -0.382 e. The summed E-state index contributed by atoms with van der Waals surface area (Å²) in [5, 5.41) is 3.00. The van der Waals surface area contributed by atoms with Crippen molar-refractivity contribution in [3.63, 3.8) is 0 Å². The number of carbonyl (C=O) groups is 1. The summed E-state index contributed by atoms with van der Waals surface area (Å²) in [4.78, 5) is 17.5. The van der Waals surface area contributed by atoms with Gasteiger partial charge in [-0.25, -0.2) is 8.78 Å². The molecule has 1 N–H and O–H groups in total. The van der Waals surface area contributed by atoms with E-state index < -0.39 is 34.8 Å². The summed E-state index contributed by atoms with van der Waals surface area (Å²) >= 11 is 3.34. The number of methoxy groups -OCH3 is 1. The predicted octanol–water partition coefficient (Wildman–Crippen LogP) is 3.99. The first-order valence-electron chi connectivity index (χ1n) is 9.33. The monoisotopic (exact) mass is 480 g/mol. The fraction of sp³-hybridized carbons (Fsp3) is 0.364. The van der Waals surface area contributed by atoms with E-state index in [1.165, 1.54) is 13.2 Å². The number of ether oxygens (including phenoxy) is 2. The molecular formula is C22H23BrF2N2O3. The summed E-state index contributed by atoms with van der Waals surface area (Å²) in [5.74, 6) is -1.77. The van der Waals surface area contributed by atoms with Crippen molar-refractivity contribution in [2.24, 2.45) is 16.8 Å². The number of nitrogens with one attached hydrogen (secondary N) is 1. The number of hydrogen-bond acceptors (Lipinski definition) is 4. The second kappa shape index (κ2) is 11.7. The molecule has 0 saturated carbocycles. The lowest BCUT2D eigenvalue weighted by molar-refractivity contribution is 0.0602. The number of rotatable bonds is 9. The van der Waals surface area contributed by atoms with Crippen LogP contribution in [0.25, 0.3) is 0 Å². The van der Waals surface area contributed by atoms with Gasteiger partial charge in [-0.05, 0) is 35.0 Å². The van der Waals surface area contributed by atoms with E-state index in [1.807, 2.05) is 6.92 Å². The summed E-state index contributed by atoms with van der Waals surface area (Å²) in [6.07, 6.45) is 10.7. The lowest BCUT2D eigenvalue weighted by Gasteiger charge is -2.21. The summed E-state index contributed by atoms with van der Waals surface area (Å²) in [7, 11) is 1.51. The van der Waals surface area contributed by atoms with E-state index in [9.17, 15) is 9.18 Å². The summed E-state index contributed by atoms with van der Waals surface area (Å²) in [5.41, 5.74) is -0.612. The zero-order chi connectivity index (χ0) is 22.1. The average Bonchev–Trinajstić information content (AvgIpc) is 2.90. The largest absolute Gasteiger partial charge is 0.382 e. The maximum Gasteiger partial charge on any atom is 0.184 e. The van der Waals surface area contributed by atoms with Crippen molar-refractivity contribution in [1.29, 1.82) is 0 Å². The van der Waals surface area contributed by atoms with Gasteiger partial charge < -0.3 is 14.8 Å². The van der Waals surface area contributed by atoms with Crippen molar-refractivity contribution in [2.75, 3.05) is 26.9 Å². The molecule has 1 aromatic rings. The number of aliphatic imine (C=N–C) groups is 1. The molecule has 0 radical (unpaired) electrons.